The van der Waals surface area contributed by atoms with Gasteiger partial charge in [0.05, 0.1) is 11.6 Å². The lowest BCUT2D eigenvalue weighted by Gasteiger charge is -2.35. The third-order valence-corrected chi connectivity index (χ3v) is 3.62. The Kier molecular flexibility index (Phi) is 2.08. The maximum Gasteiger partial charge on any atom is 0.100 e. The van der Waals surface area contributed by atoms with E-state index in [9.17, 15) is 10.2 Å². The van der Waals surface area contributed by atoms with E-state index < -0.39 is 17.7 Å². The van der Waals surface area contributed by atoms with Crippen molar-refractivity contribution in [3.8, 4) is 0 Å². The predicted molar refractivity (Wildman–Crippen MR) is 43.0 cm³/mol. The molecule has 2 aliphatic rings. The van der Waals surface area contributed by atoms with Gasteiger partial charge in [-0.25, -0.2) is 0 Å². The van der Waals surface area contributed by atoms with Crippen LogP contribution >= 0.6 is 0 Å². The Labute approximate surface area is 76.0 Å². The van der Waals surface area contributed by atoms with Gasteiger partial charge in [-0.05, 0) is 24.7 Å². The molecule has 0 heterocycles. The molecule has 0 radical (unpaired) electrons. The van der Waals surface area contributed by atoms with Gasteiger partial charge >= 0.3 is 0 Å². The lowest BCUT2D eigenvalue weighted by molar-refractivity contribution is -0.0875. The van der Waals surface area contributed by atoms with Crippen molar-refractivity contribution in [3.05, 3.63) is 0 Å². The second-order valence-corrected chi connectivity index (χ2v) is 4.22. The number of fused-ring (bicyclic) bond motifs is 2. The largest absolute Gasteiger partial charge is 0.396 e. The van der Waals surface area contributed by atoms with E-state index in [1.165, 1.54) is 0 Å². The normalized spacial score (nSPS) is 54.5. The maximum absolute atomic E-state index is 9.60. The summed E-state index contributed by atoms with van der Waals surface area (Å²) in [6.07, 6.45) is -0.712. The Morgan fingerprint density at radius 1 is 1.31 bits per heavy atom. The van der Waals surface area contributed by atoms with E-state index in [-0.39, 0.29) is 18.4 Å². The molecule has 0 saturated heterocycles. The smallest absolute Gasteiger partial charge is 0.100 e. The van der Waals surface area contributed by atoms with Gasteiger partial charge in [0.1, 0.15) is 6.10 Å². The number of aliphatic hydroxyl groups is 3. The van der Waals surface area contributed by atoms with Gasteiger partial charge in [0.15, 0.2) is 0 Å². The van der Waals surface area contributed by atoms with Crippen molar-refractivity contribution < 1.29 is 20.5 Å². The Morgan fingerprint density at radius 3 is 2.46 bits per heavy atom. The highest BCUT2D eigenvalue weighted by Crippen LogP contribution is 2.50. The fourth-order valence-corrected chi connectivity index (χ4v) is 2.85. The van der Waals surface area contributed by atoms with Crippen LogP contribution in [0.15, 0.2) is 0 Å². The van der Waals surface area contributed by atoms with Crippen LogP contribution in [0.2, 0.25) is 0 Å². The SMILES string of the molecule is OC[C@H]1C[C@@]2(NO)C[C@@H]1[C@H](O)[C@@H]2O. The van der Waals surface area contributed by atoms with Crippen LogP contribution in [0.25, 0.3) is 0 Å². The zero-order valence-electron chi connectivity index (χ0n) is 7.22. The first-order valence-electron chi connectivity index (χ1n) is 4.53. The summed E-state index contributed by atoms with van der Waals surface area (Å²) < 4.78 is 0. The molecule has 0 aromatic carbocycles. The van der Waals surface area contributed by atoms with Gasteiger partial charge in [0.25, 0.3) is 0 Å². The molecule has 2 saturated carbocycles. The summed E-state index contributed by atoms with van der Waals surface area (Å²) in [5.74, 6) is -0.113. The first kappa shape index (κ1) is 9.36. The van der Waals surface area contributed by atoms with Crippen LogP contribution < -0.4 is 5.48 Å². The number of rotatable bonds is 2. The highest BCUT2D eigenvalue weighted by Gasteiger charge is 2.61. The van der Waals surface area contributed by atoms with Crippen molar-refractivity contribution >= 4 is 0 Å². The van der Waals surface area contributed by atoms with Crippen LogP contribution in [0.4, 0.5) is 0 Å². The van der Waals surface area contributed by atoms with Crippen molar-refractivity contribution in [2.75, 3.05) is 6.61 Å². The van der Waals surface area contributed by atoms with Gasteiger partial charge in [-0.3, -0.25) is 0 Å². The topological polar surface area (TPSA) is 93.0 Å². The molecule has 5 atom stereocenters. The molecule has 0 spiro atoms. The molecular formula is C8H15NO4. The second-order valence-electron chi connectivity index (χ2n) is 4.22. The number of hydrogen-bond acceptors (Lipinski definition) is 5. The van der Waals surface area contributed by atoms with E-state index in [0.29, 0.717) is 12.8 Å². The molecule has 5 nitrogen and oxygen atoms in total. The van der Waals surface area contributed by atoms with Gasteiger partial charge in [0.2, 0.25) is 0 Å². The highest BCUT2D eigenvalue weighted by atomic mass is 16.5. The summed E-state index contributed by atoms with van der Waals surface area (Å²) in [5, 5.41) is 37.1. The molecule has 76 valence electrons. The second kappa shape index (κ2) is 2.90. The molecule has 0 aliphatic heterocycles. The monoisotopic (exact) mass is 189 g/mol. The van der Waals surface area contributed by atoms with Gasteiger partial charge in [-0.1, -0.05) is 0 Å². The summed E-state index contributed by atoms with van der Waals surface area (Å²) in [7, 11) is 0. The number of aliphatic hydroxyl groups excluding tert-OH is 3. The van der Waals surface area contributed by atoms with Crippen LogP contribution in [-0.4, -0.2) is 44.9 Å². The van der Waals surface area contributed by atoms with Gasteiger partial charge in [-0.2, -0.15) is 5.48 Å². The van der Waals surface area contributed by atoms with Gasteiger partial charge in [-0.15, -0.1) is 0 Å². The summed E-state index contributed by atoms with van der Waals surface area (Å²) in [5.41, 5.74) is 1.30. The Morgan fingerprint density at radius 2 is 2.00 bits per heavy atom. The molecular weight excluding hydrogens is 174 g/mol. The van der Waals surface area contributed by atoms with Crippen molar-refractivity contribution in [3.63, 3.8) is 0 Å². The average molecular weight is 189 g/mol. The van der Waals surface area contributed by atoms with E-state index in [1.54, 1.807) is 0 Å². The zero-order chi connectivity index (χ0) is 9.64. The zero-order valence-corrected chi connectivity index (χ0v) is 7.22. The summed E-state index contributed by atoms with van der Waals surface area (Å²) in [4.78, 5) is 0. The van der Waals surface area contributed by atoms with E-state index in [1.807, 2.05) is 0 Å². The minimum atomic E-state index is -0.926. The molecule has 2 rings (SSSR count). The fourth-order valence-electron chi connectivity index (χ4n) is 2.85. The minimum Gasteiger partial charge on any atom is -0.396 e. The van der Waals surface area contributed by atoms with Crippen LogP contribution in [-0.2, 0) is 0 Å². The number of hydroxylamine groups is 1. The molecule has 0 aromatic heterocycles. The quantitative estimate of drug-likeness (QED) is 0.339. The first-order valence-corrected chi connectivity index (χ1v) is 4.53. The minimum absolute atomic E-state index is 0.00211. The third kappa shape index (κ3) is 1.05. The summed E-state index contributed by atoms with van der Waals surface area (Å²) >= 11 is 0. The lowest BCUT2D eigenvalue weighted by Crippen LogP contribution is -2.55. The van der Waals surface area contributed by atoms with E-state index in [0.717, 1.165) is 0 Å². The molecule has 5 heteroatoms. The molecule has 0 unspecified atom stereocenters. The van der Waals surface area contributed by atoms with Crippen LogP contribution in [0.3, 0.4) is 0 Å². The number of nitrogens with one attached hydrogen (secondary N) is 1. The van der Waals surface area contributed by atoms with Crippen molar-refractivity contribution in [1.82, 2.24) is 5.48 Å². The van der Waals surface area contributed by atoms with E-state index in [2.05, 4.69) is 5.48 Å². The van der Waals surface area contributed by atoms with Gasteiger partial charge < -0.3 is 20.5 Å². The molecule has 5 N–H and O–H groups in total. The fraction of sp³-hybridized carbons (Fsp3) is 1.00. The van der Waals surface area contributed by atoms with Crippen molar-refractivity contribution in [1.29, 1.82) is 0 Å². The van der Waals surface area contributed by atoms with Crippen molar-refractivity contribution in [2.24, 2.45) is 11.8 Å². The van der Waals surface area contributed by atoms with E-state index >= 15 is 0 Å². The lowest BCUT2D eigenvalue weighted by atomic mass is 9.82. The Balaban J connectivity index is 2.22. The predicted octanol–water partition coefficient (Wildman–Crippen LogP) is -1.54. The molecule has 2 bridgehead atoms. The van der Waals surface area contributed by atoms with Gasteiger partial charge in [0, 0.05) is 6.61 Å². The van der Waals surface area contributed by atoms with Crippen LogP contribution in [0, 0.1) is 11.8 Å². The Hall–Kier alpha value is -0.200. The summed E-state index contributed by atoms with van der Waals surface area (Å²) in [6, 6.07) is 0. The molecule has 13 heavy (non-hydrogen) atoms. The van der Waals surface area contributed by atoms with E-state index in [4.69, 9.17) is 10.3 Å². The highest BCUT2D eigenvalue weighted by molar-refractivity contribution is 5.14. The molecule has 2 fully saturated rings. The maximum atomic E-state index is 9.60. The average Bonchev–Trinajstić information content (AvgIpc) is 2.64. The summed E-state index contributed by atoms with van der Waals surface area (Å²) in [6.45, 7) is -0.00211. The first-order chi connectivity index (χ1) is 6.14. The van der Waals surface area contributed by atoms with Crippen molar-refractivity contribution in [2.45, 2.75) is 30.6 Å². The third-order valence-electron chi connectivity index (χ3n) is 3.62. The molecule has 2 aliphatic carbocycles. The molecule has 0 aromatic rings. The standard InChI is InChI=1S/C8H15NO4/c10-3-4-1-8(9-13)2-5(4)6(11)7(8)12/h4-7,9-13H,1-3H2/t4-,5+,6+,7+,8-/m1/s1. The van der Waals surface area contributed by atoms with Crippen LogP contribution in [0.1, 0.15) is 12.8 Å². The number of hydrogen-bond donors (Lipinski definition) is 5. The van der Waals surface area contributed by atoms with Crippen LogP contribution in [0.5, 0.6) is 0 Å². The Bertz CT molecular complexity index is 206. The molecule has 0 amide bonds.